The summed E-state index contributed by atoms with van der Waals surface area (Å²) in [7, 11) is 0. The van der Waals surface area contributed by atoms with E-state index in [1.54, 1.807) is 47.4 Å². The van der Waals surface area contributed by atoms with Crippen LogP contribution in [0.4, 0.5) is 5.69 Å². The van der Waals surface area contributed by atoms with Gasteiger partial charge in [0.2, 0.25) is 5.91 Å². The van der Waals surface area contributed by atoms with Crippen LogP contribution in [-0.4, -0.2) is 16.7 Å². The van der Waals surface area contributed by atoms with Gasteiger partial charge in [-0.1, -0.05) is 39.8 Å². The molecule has 7 heteroatoms. The van der Waals surface area contributed by atoms with Gasteiger partial charge in [-0.3, -0.25) is 9.59 Å². The molecule has 0 bridgehead atoms. The normalized spacial score (nSPS) is 10.6. The van der Waals surface area contributed by atoms with Crippen molar-refractivity contribution in [1.82, 2.24) is 4.98 Å². The van der Waals surface area contributed by atoms with Crippen LogP contribution in [0.2, 0.25) is 0 Å². The molecule has 1 N–H and O–H groups in total. The molecule has 1 amide bonds. The molecule has 0 aliphatic carbocycles. The van der Waals surface area contributed by atoms with Gasteiger partial charge in [-0.15, -0.1) is 11.3 Å². The number of hydrogen-bond donors (Lipinski definition) is 1. The van der Waals surface area contributed by atoms with Gasteiger partial charge in [0, 0.05) is 26.9 Å². The van der Waals surface area contributed by atoms with Crippen LogP contribution < -0.4 is 5.32 Å². The molecule has 0 aliphatic heterocycles. The first-order valence-electron chi connectivity index (χ1n) is 8.22. The molecule has 0 spiro atoms. The Hall–Kier alpha value is -1.96. The summed E-state index contributed by atoms with van der Waals surface area (Å²) in [6.45, 7) is 1.52. The van der Waals surface area contributed by atoms with Gasteiger partial charge in [-0.05, 0) is 48.9 Å². The van der Waals surface area contributed by atoms with Crippen molar-refractivity contribution >= 4 is 56.4 Å². The molecular weight excluding hydrogens is 444 g/mol. The molecule has 27 heavy (non-hydrogen) atoms. The first kappa shape index (κ1) is 19.8. The second-order valence-corrected chi connectivity index (χ2v) is 8.87. The Bertz CT molecular complexity index is 937. The number of halogens is 1. The zero-order valence-electron chi connectivity index (χ0n) is 14.6. The third-order valence-electron chi connectivity index (χ3n) is 3.72. The van der Waals surface area contributed by atoms with Crippen LogP contribution in [0, 0.1) is 0 Å². The second-order valence-electron chi connectivity index (χ2n) is 5.88. The van der Waals surface area contributed by atoms with Gasteiger partial charge < -0.3 is 5.32 Å². The van der Waals surface area contributed by atoms with Crippen molar-refractivity contribution < 1.29 is 9.59 Å². The zero-order chi connectivity index (χ0) is 19.2. The smallest absolute Gasteiger partial charge is 0.230 e. The standard InChI is InChI=1S/C20H17BrN2O2S2/c1-13(24)15-4-8-17(9-5-15)22-19(25)10-18-12-27-20(23-18)26-11-14-2-6-16(21)7-3-14/h2-9,12H,10-11H2,1H3,(H,22,25). The quantitative estimate of drug-likeness (QED) is 0.369. The fourth-order valence-corrected chi connectivity index (χ4v) is 4.38. The van der Waals surface area contributed by atoms with Crippen LogP contribution in [-0.2, 0) is 17.0 Å². The molecule has 0 atom stereocenters. The molecule has 3 aromatic rings. The second kappa shape index (κ2) is 9.30. The van der Waals surface area contributed by atoms with Crippen LogP contribution >= 0.6 is 39.0 Å². The van der Waals surface area contributed by atoms with E-state index >= 15 is 0 Å². The van der Waals surface area contributed by atoms with Crippen LogP contribution in [0.3, 0.4) is 0 Å². The minimum Gasteiger partial charge on any atom is -0.326 e. The lowest BCUT2D eigenvalue weighted by Crippen LogP contribution is -2.14. The minimum absolute atomic E-state index is 0.00326. The third kappa shape index (κ3) is 6.02. The first-order chi connectivity index (χ1) is 13.0. The molecule has 1 aromatic heterocycles. The number of amides is 1. The van der Waals surface area contributed by atoms with E-state index in [4.69, 9.17) is 0 Å². The number of hydrogen-bond acceptors (Lipinski definition) is 5. The molecule has 138 valence electrons. The number of benzene rings is 2. The summed E-state index contributed by atoms with van der Waals surface area (Å²) in [5.74, 6) is 0.721. The topological polar surface area (TPSA) is 59.1 Å². The summed E-state index contributed by atoms with van der Waals surface area (Å²) in [5.41, 5.74) is 3.29. The maximum absolute atomic E-state index is 12.2. The van der Waals surface area contributed by atoms with Crippen molar-refractivity contribution in [3.05, 3.63) is 75.2 Å². The Labute approximate surface area is 174 Å². The Morgan fingerprint density at radius 1 is 1.11 bits per heavy atom. The van der Waals surface area contributed by atoms with Gasteiger partial charge in [0.05, 0.1) is 12.1 Å². The Morgan fingerprint density at radius 2 is 1.81 bits per heavy atom. The van der Waals surface area contributed by atoms with E-state index in [1.165, 1.54) is 12.5 Å². The number of Topliss-reactive ketones (excluding diaryl/α,β-unsaturated/α-hetero) is 1. The lowest BCUT2D eigenvalue weighted by molar-refractivity contribution is -0.115. The molecule has 0 saturated carbocycles. The summed E-state index contributed by atoms with van der Waals surface area (Å²) in [4.78, 5) is 28.0. The molecule has 1 heterocycles. The average Bonchev–Trinajstić information content (AvgIpc) is 3.09. The number of carbonyl (C=O) groups excluding carboxylic acids is 2. The summed E-state index contributed by atoms with van der Waals surface area (Å²) in [6.07, 6.45) is 0.226. The number of thioether (sulfide) groups is 1. The van der Waals surface area contributed by atoms with E-state index in [0.29, 0.717) is 11.3 Å². The highest BCUT2D eigenvalue weighted by atomic mass is 79.9. The van der Waals surface area contributed by atoms with E-state index in [9.17, 15) is 9.59 Å². The highest BCUT2D eigenvalue weighted by molar-refractivity contribution is 9.10. The van der Waals surface area contributed by atoms with Gasteiger partial charge in [-0.25, -0.2) is 4.98 Å². The van der Waals surface area contributed by atoms with E-state index < -0.39 is 0 Å². The maximum atomic E-state index is 12.2. The number of ketones is 1. The molecule has 4 nitrogen and oxygen atoms in total. The van der Waals surface area contributed by atoms with Gasteiger partial charge >= 0.3 is 0 Å². The van der Waals surface area contributed by atoms with E-state index in [2.05, 4.69) is 38.4 Å². The monoisotopic (exact) mass is 460 g/mol. The zero-order valence-corrected chi connectivity index (χ0v) is 17.8. The number of thiazole rings is 1. The number of carbonyl (C=O) groups is 2. The van der Waals surface area contributed by atoms with Crippen molar-refractivity contribution in [1.29, 1.82) is 0 Å². The highest BCUT2D eigenvalue weighted by Crippen LogP contribution is 2.27. The third-order valence-corrected chi connectivity index (χ3v) is 6.39. The van der Waals surface area contributed by atoms with Crippen LogP contribution in [0.5, 0.6) is 0 Å². The fraction of sp³-hybridized carbons (Fsp3) is 0.150. The summed E-state index contributed by atoms with van der Waals surface area (Å²) >= 11 is 6.65. The number of nitrogens with zero attached hydrogens (tertiary/aromatic N) is 1. The molecule has 2 aromatic carbocycles. The molecular formula is C20H17BrN2O2S2. The van der Waals surface area contributed by atoms with Crippen molar-refractivity contribution in [2.24, 2.45) is 0 Å². The van der Waals surface area contributed by atoms with Crippen LogP contribution in [0.1, 0.15) is 28.5 Å². The van der Waals surface area contributed by atoms with Gasteiger partial charge in [0.15, 0.2) is 5.78 Å². The SMILES string of the molecule is CC(=O)c1ccc(NC(=O)Cc2csc(SCc3ccc(Br)cc3)n2)cc1. The van der Waals surface area contributed by atoms with E-state index in [1.807, 2.05) is 17.5 Å². The van der Waals surface area contributed by atoms with Gasteiger partial charge in [0.1, 0.15) is 4.34 Å². The highest BCUT2D eigenvalue weighted by Gasteiger charge is 2.09. The first-order valence-corrected chi connectivity index (χ1v) is 10.9. The number of nitrogens with one attached hydrogen (secondary N) is 1. The Morgan fingerprint density at radius 3 is 2.48 bits per heavy atom. The molecule has 0 unspecified atom stereocenters. The van der Waals surface area contributed by atoms with Gasteiger partial charge in [0.25, 0.3) is 0 Å². The molecule has 0 saturated heterocycles. The molecule has 0 fully saturated rings. The Kier molecular flexibility index (Phi) is 6.82. The van der Waals surface area contributed by atoms with E-state index in [-0.39, 0.29) is 18.1 Å². The predicted molar refractivity (Wildman–Crippen MR) is 115 cm³/mol. The lowest BCUT2D eigenvalue weighted by Gasteiger charge is -2.04. The predicted octanol–water partition coefficient (Wildman–Crippen LogP) is 5.58. The molecule has 0 aliphatic rings. The van der Waals surface area contributed by atoms with Crippen molar-refractivity contribution in [2.75, 3.05) is 5.32 Å². The van der Waals surface area contributed by atoms with Crippen LogP contribution in [0.25, 0.3) is 0 Å². The molecule has 0 radical (unpaired) electrons. The minimum atomic E-state index is -0.125. The van der Waals surface area contributed by atoms with Crippen molar-refractivity contribution in [2.45, 2.75) is 23.4 Å². The van der Waals surface area contributed by atoms with E-state index in [0.717, 1.165) is 20.3 Å². The van der Waals surface area contributed by atoms with Crippen LogP contribution in [0.15, 0.2) is 62.7 Å². The maximum Gasteiger partial charge on any atom is 0.230 e. The largest absolute Gasteiger partial charge is 0.326 e. The number of aromatic nitrogens is 1. The summed E-state index contributed by atoms with van der Waals surface area (Å²) in [5, 5.41) is 4.75. The van der Waals surface area contributed by atoms with Crippen molar-refractivity contribution in [3.63, 3.8) is 0 Å². The number of rotatable bonds is 7. The molecule has 3 rings (SSSR count). The summed E-state index contributed by atoms with van der Waals surface area (Å²) in [6, 6.07) is 15.1. The average molecular weight is 461 g/mol. The number of anilines is 1. The van der Waals surface area contributed by atoms with Crippen molar-refractivity contribution in [3.8, 4) is 0 Å². The fourth-order valence-electron chi connectivity index (χ4n) is 2.32. The lowest BCUT2D eigenvalue weighted by atomic mass is 10.1. The Balaban J connectivity index is 1.51. The van der Waals surface area contributed by atoms with Gasteiger partial charge in [-0.2, -0.15) is 0 Å². The summed E-state index contributed by atoms with van der Waals surface area (Å²) < 4.78 is 2.02.